The van der Waals surface area contributed by atoms with Gasteiger partial charge in [0.1, 0.15) is 0 Å². The Hall–Kier alpha value is -2.67. The van der Waals surface area contributed by atoms with Gasteiger partial charge in [0.2, 0.25) is 0 Å². The van der Waals surface area contributed by atoms with Crippen molar-refractivity contribution in [3.05, 3.63) is 58.7 Å². The van der Waals surface area contributed by atoms with Crippen LogP contribution in [0.2, 0.25) is 0 Å². The van der Waals surface area contributed by atoms with E-state index in [9.17, 15) is 14.1 Å². The molecule has 6 nitrogen and oxygen atoms in total. The van der Waals surface area contributed by atoms with Crippen LogP contribution in [0.3, 0.4) is 0 Å². The molecular weight excluding hydrogens is 390 g/mol. The van der Waals surface area contributed by atoms with Crippen LogP contribution in [0.5, 0.6) is 11.5 Å². The van der Waals surface area contributed by atoms with Crippen molar-refractivity contribution in [2.75, 3.05) is 25.2 Å². The number of rotatable bonds is 5. The summed E-state index contributed by atoms with van der Waals surface area (Å²) in [4.78, 5) is 16.2. The summed E-state index contributed by atoms with van der Waals surface area (Å²) in [6.45, 7) is 2.45. The predicted molar refractivity (Wildman–Crippen MR) is 112 cm³/mol. The van der Waals surface area contributed by atoms with E-state index in [1.54, 1.807) is 31.4 Å². The van der Waals surface area contributed by atoms with Crippen molar-refractivity contribution in [2.45, 2.75) is 25.3 Å². The van der Waals surface area contributed by atoms with Gasteiger partial charge in [-0.15, -0.1) is 0 Å². The molecule has 1 N–H and O–H groups in total. The Balaban J connectivity index is 1.86. The number of hydrogen-bond donors (Lipinski definition) is 1. The van der Waals surface area contributed by atoms with Gasteiger partial charge in [-0.05, 0) is 43.2 Å². The number of carboxylic acids is 1. The number of aromatic carboxylic acids is 1. The van der Waals surface area contributed by atoms with E-state index in [2.05, 4.69) is 0 Å². The van der Waals surface area contributed by atoms with Gasteiger partial charge in [0.05, 0.1) is 31.0 Å². The van der Waals surface area contributed by atoms with Crippen molar-refractivity contribution < 1.29 is 23.6 Å². The number of aliphatic imine (C=N–C) groups is 1. The zero-order chi connectivity index (χ0) is 20.5. The highest BCUT2D eigenvalue weighted by molar-refractivity contribution is 7.85. The van der Waals surface area contributed by atoms with E-state index in [0.717, 1.165) is 28.8 Å². The Morgan fingerprint density at radius 3 is 2.66 bits per heavy atom. The molecule has 0 aromatic heterocycles. The first-order valence-electron chi connectivity index (χ1n) is 9.63. The summed E-state index contributed by atoms with van der Waals surface area (Å²) in [6.07, 6.45) is 0.767. The smallest absolute Gasteiger partial charge is 0.335 e. The maximum absolute atomic E-state index is 12.3. The first kappa shape index (κ1) is 19.6. The number of methoxy groups -OCH3 is 1. The quantitative estimate of drug-likeness (QED) is 0.813. The fraction of sp³-hybridized carbons (Fsp3) is 0.364. The minimum absolute atomic E-state index is 0.0530. The molecule has 7 heteroatoms. The van der Waals surface area contributed by atoms with E-state index in [1.165, 1.54) is 0 Å². The molecule has 3 atom stereocenters. The van der Waals surface area contributed by atoms with E-state index in [1.807, 2.05) is 19.1 Å². The van der Waals surface area contributed by atoms with Crippen LogP contribution in [0.1, 0.15) is 46.3 Å². The van der Waals surface area contributed by atoms with Crippen LogP contribution in [0, 0.1) is 0 Å². The Labute approximate surface area is 172 Å². The fourth-order valence-electron chi connectivity index (χ4n) is 4.05. The summed E-state index contributed by atoms with van der Waals surface area (Å²) in [5.41, 5.74) is 3.90. The lowest BCUT2D eigenvalue weighted by atomic mass is 9.81. The number of carbonyl (C=O) groups is 1. The second kappa shape index (κ2) is 7.99. The van der Waals surface area contributed by atoms with Gasteiger partial charge >= 0.3 is 5.97 Å². The zero-order valence-corrected chi connectivity index (χ0v) is 17.2. The lowest BCUT2D eigenvalue weighted by Crippen LogP contribution is -2.35. The molecule has 1 fully saturated rings. The standard InChI is InChI=1S/C22H23NO5S/c1-3-28-20-10-15-16(11-19(20)27-2)21(13-4-6-14(7-5-13)22(24)25)23-18-8-9-29(26)12-17(15)18/h4-7,10-11,17-18H,3,8-9,12H2,1-2H3,(H,24,25)/t17-,18-,29+/m1/s1. The monoisotopic (exact) mass is 413 g/mol. The number of carboxylic acid groups (broad SMARTS) is 1. The molecule has 2 aromatic carbocycles. The van der Waals surface area contributed by atoms with Gasteiger partial charge in [0, 0.05) is 39.4 Å². The molecule has 1 saturated heterocycles. The van der Waals surface area contributed by atoms with Crippen molar-refractivity contribution in [1.82, 2.24) is 0 Å². The van der Waals surface area contributed by atoms with E-state index in [4.69, 9.17) is 14.5 Å². The van der Waals surface area contributed by atoms with Gasteiger partial charge in [0.15, 0.2) is 11.5 Å². The maximum atomic E-state index is 12.3. The third kappa shape index (κ3) is 3.67. The van der Waals surface area contributed by atoms with Crippen LogP contribution >= 0.6 is 0 Å². The van der Waals surface area contributed by atoms with Gasteiger partial charge in [-0.25, -0.2) is 4.79 Å². The molecule has 2 aliphatic rings. The third-order valence-corrected chi connectivity index (χ3v) is 6.88. The van der Waals surface area contributed by atoms with Gasteiger partial charge in [-0.2, -0.15) is 0 Å². The van der Waals surface area contributed by atoms with Crippen LogP contribution in [0.4, 0.5) is 0 Å². The zero-order valence-electron chi connectivity index (χ0n) is 16.4. The topological polar surface area (TPSA) is 85.2 Å². The Kier molecular flexibility index (Phi) is 5.41. The van der Waals surface area contributed by atoms with Crippen molar-refractivity contribution >= 4 is 22.5 Å². The summed E-state index contributed by atoms with van der Waals surface area (Å²) < 4.78 is 23.6. The molecule has 0 aliphatic carbocycles. The minimum Gasteiger partial charge on any atom is -0.493 e. The first-order chi connectivity index (χ1) is 14.0. The normalized spacial score (nSPS) is 22.8. The second-order valence-electron chi connectivity index (χ2n) is 7.16. The second-order valence-corrected chi connectivity index (χ2v) is 8.78. The third-order valence-electron chi connectivity index (χ3n) is 5.46. The molecule has 0 radical (unpaired) electrons. The molecule has 0 spiro atoms. The molecule has 4 rings (SSSR count). The number of fused-ring (bicyclic) bond motifs is 3. The molecule has 0 unspecified atom stereocenters. The minimum atomic E-state index is -0.958. The lowest BCUT2D eigenvalue weighted by molar-refractivity contribution is 0.0697. The van der Waals surface area contributed by atoms with Crippen LogP contribution in [-0.2, 0) is 10.8 Å². The molecule has 0 bridgehead atoms. The largest absolute Gasteiger partial charge is 0.493 e. The van der Waals surface area contributed by atoms with E-state index in [-0.39, 0.29) is 17.5 Å². The molecular formula is C22H23NO5S. The number of benzene rings is 2. The number of hydrogen-bond acceptors (Lipinski definition) is 5. The van der Waals surface area contributed by atoms with Crippen LogP contribution in [-0.4, -0.2) is 52.3 Å². The van der Waals surface area contributed by atoms with E-state index >= 15 is 0 Å². The summed E-state index contributed by atoms with van der Waals surface area (Å²) in [5.74, 6) is 1.65. The summed E-state index contributed by atoms with van der Waals surface area (Å²) in [5, 5.41) is 9.18. The summed E-state index contributed by atoms with van der Waals surface area (Å²) >= 11 is 0. The fourth-order valence-corrected chi connectivity index (χ4v) is 5.52. The molecule has 152 valence electrons. The van der Waals surface area contributed by atoms with Crippen LogP contribution in [0.25, 0.3) is 0 Å². The van der Waals surface area contributed by atoms with Crippen LogP contribution < -0.4 is 9.47 Å². The Bertz CT molecular complexity index is 999. The maximum Gasteiger partial charge on any atom is 0.335 e. The SMILES string of the molecule is CCOc1cc2c(cc1OC)C(c1ccc(C(=O)O)cc1)=N[C@@H]1CC[S@](=O)C[C@H]21. The first-order valence-corrected chi connectivity index (χ1v) is 11.1. The summed E-state index contributed by atoms with van der Waals surface area (Å²) in [6, 6.07) is 10.7. The Morgan fingerprint density at radius 2 is 2.00 bits per heavy atom. The van der Waals surface area contributed by atoms with Crippen molar-refractivity contribution in [1.29, 1.82) is 0 Å². The number of ether oxygens (including phenoxy) is 2. The molecule has 2 aromatic rings. The molecule has 0 saturated carbocycles. The lowest BCUT2D eigenvalue weighted by Gasteiger charge is -2.35. The Morgan fingerprint density at radius 1 is 1.24 bits per heavy atom. The number of nitrogens with zero attached hydrogens (tertiary/aromatic N) is 1. The van der Waals surface area contributed by atoms with Crippen molar-refractivity contribution in [3.8, 4) is 11.5 Å². The summed E-state index contributed by atoms with van der Waals surface area (Å²) in [7, 11) is 0.747. The average molecular weight is 413 g/mol. The van der Waals surface area contributed by atoms with Crippen LogP contribution in [0.15, 0.2) is 41.4 Å². The molecule has 2 heterocycles. The molecule has 0 amide bonds. The molecule has 29 heavy (non-hydrogen) atoms. The van der Waals surface area contributed by atoms with Gasteiger partial charge < -0.3 is 14.6 Å². The van der Waals surface area contributed by atoms with Gasteiger partial charge in [-0.1, -0.05) is 12.1 Å². The van der Waals surface area contributed by atoms with Crippen molar-refractivity contribution in [3.63, 3.8) is 0 Å². The van der Waals surface area contributed by atoms with E-state index < -0.39 is 16.8 Å². The molecule has 2 aliphatic heterocycles. The highest BCUT2D eigenvalue weighted by Crippen LogP contribution is 2.42. The van der Waals surface area contributed by atoms with Gasteiger partial charge in [-0.3, -0.25) is 9.20 Å². The van der Waals surface area contributed by atoms with Crippen molar-refractivity contribution in [2.24, 2.45) is 4.99 Å². The average Bonchev–Trinajstić information content (AvgIpc) is 2.73. The van der Waals surface area contributed by atoms with Gasteiger partial charge in [0.25, 0.3) is 0 Å². The predicted octanol–water partition coefficient (Wildman–Crippen LogP) is 3.25. The van der Waals surface area contributed by atoms with E-state index in [0.29, 0.717) is 29.6 Å². The highest BCUT2D eigenvalue weighted by Gasteiger charge is 2.37. The highest BCUT2D eigenvalue weighted by atomic mass is 32.2.